The molecule has 0 atom stereocenters. The monoisotopic (exact) mass is 314 g/mol. The molecule has 3 aromatic rings. The summed E-state index contributed by atoms with van der Waals surface area (Å²) in [4.78, 5) is 12.3. The Kier molecular flexibility index (Phi) is 3.17. The van der Waals surface area contributed by atoms with E-state index in [4.69, 9.17) is 0 Å². The van der Waals surface area contributed by atoms with Crippen molar-refractivity contribution in [2.75, 3.05) is 0 Å². The Morgan fingerprint density at radius 1 is 1.11 bits per heavy atom. The predicted molar refractivity (Wildman–Crippen MR) is 79.2 cm³/mol. The quantitative estimate of drug-likeness (QED) is 0.728. The van der Waals surface area contributed by atoms with Gasteiger partial charge in [0.15, 0.2) is 0 Å². The molecule has 3 nitrogen and oxygen atoms in total. The summed E-state index contributed by atoms with van der Waals surface area (Å²) >= 11 is 3.39. The normalized spacial score (nSPS) is 10.8. The van der Waals surface area contributed by atoms with E-state index in [0.29, 0.717) is 11.9 Å². The minimum Gasteiger partial charge on any atom is -0.267 e. The lowest BCUT2D eigenvalue weighted by Gasteiger charge is -2.06. The molecule has 0 bridgehead atoms. The van der Waals surface area contributed by atoms with E-state index < -0.39 is 0 Å². The minimum absolute atomic E-state index is 0.0612. The van der Waals surface area contributed by atoms with E-state index in [-0.39, 0.29) is 5.56 Å². The summed E-state index contributed by atoms with van der Waals surface area (Å²) in [5.41, 5.74) is 1.00. The zero-order valence-electron chi connectivity index (χ0n) is 10.1. The highest BCUT2D eigenvalue weighted by atomic mass is 79.9. The summed E-state index contributed by atoms with van der Waals surface area (Å²) < 4.78 is 2.44. The highest BCUT2D eigenvalue weighted by Gasteiger charge is 2.04. The molecular formula is C15H11BrN2O. The maximum atomic E-state index is 12.3. The Morgan fingerprint density at radius 2 is 1.89 bits per heavy atom. The van der Waals surface area contributed by atoms with Gasteiger partial charge in [-0.05, 0) is 23.8 Å². The molecule has 1 aromatic heterocycles. The first-order chi connectivity index (χ1) is 9.24. The lowest BCUT2D eigenvalue weighted by Crippen LogP contribution is -2.23. The summed E-state index contributed by atoms with van der Waals surface area (Å²) in [5, 5.41) is 5.77. The molecule has 0 saturated heterocycles. The average Bonchev–Trinajstić information content (AvgIpc) is 2.43. The van der Waals surface area contributed by atoms with Gasteiger partial charge in [-0.1, -0.05) is 46.3 Å². The number of nitrogens with zero attached hydrogens (tertiary/aromatic N) is 2. The largest absolute Gasteiger partial charge is 0.274 e. The zero-order chi connectivity index (χ0) is 13.2. The van der Waals surface area contributed by atoms with Crippen LogP contribution in [0.2, 0.25) is 0 Å². The van der Waals surface area contributed by atoms with Crippen LogP contribution < -0.4 is 5.56 Å². The van der Waals surface area contributed by atoms with Gasteiger partial charge in [-0.15, -0.1) is 0 Å². The Hall–Kier alpha value is -1.94. The third kappa shape index (κ3) is 2.44. The molecular weight excluding hydrogens is 304 g/mol. The minimum atomic E-state index is -0.0612. The van der Waals surface area contributed by atoms with Crippen LogP contribution in [0.1, 0.15) is 5.56 Å². The van der Waals surface area contributed by atoms with Crippen molar-refractivity contribution in [2.24, 2.45) is 0 Å². The van der Waals surface area contributed by atoms with Gasteiger partial charge >= 0.3 is 0 Å². The Labute approximate surface area is 118 Å². The first kappa shape index (κ1) is 12.1. The SMILES string of the molecule is O=c1c2ccc(Br)cc2cnn1Cc1ccccc1. The van der Waals surface area contributed by atoms with Crippen molar-refractivity contribution < 1.29 is 0 Å². The van der Waals surface area contributed by atoms with Crippen LogP contribution in [-0.2, 0) is 6.54 Å². The van der Waals surface area contributed by atoms with Gasteiger partial charge in [0.2, 0.25) is 0 Å². The van der Waals surface area contributed by atoms with Crippen LogP contribution in [-0.4, -0.2) is 9.78 Å². The molecule has 4 heteroatoms. The van der Waals surface area contributed by atoms with E-state index in [1.807, 2.05) is 48.5 Å². The maximum absolute atomic E-state index is 12.3. The van der Waals surface area contributed by atoms with Crippen LogP contribution in [0.15, 0.2) is 64.0 Å². The van der Waals surface area contributed by atoms with Gasteiger partial charge in [0.05, 0.1) is 18.1 Å². The van der Waals surface area contributed by atoms with E-state index in [1.54, 1.807) is 6.20 Å². The first-order valence-corrected chi connectivity index (χ1v) is 6.73. The fourth-order valence-corrected chi connectivity index (χ4v) is 2.41. The number of benzene rings is 2. The van der Waals surface area contributed by atoms with Crippen LogP contribution in [0.3, 0.4) is 0 Å². The molecule has 0 radical (unpaired) electrons. The lowest BCUT2D eigenvalue weighted by molar-refractivity contribution is 0.647. The summed E-state index contributed by atoms with van der Waals surface area (Å²) in [6.07, 6.45) is 1.73. The van der Waals surface area contributed by atoms with E-state index in [0.717, 1.165) is 15.4 Å². The van der Waals surface area contributed by atoms with Gasteiger partial charge in [0.25, 0.3) is 5.56 Å². The van der Waals surface area contributed by atoms with Gasteiger partial charge in [-0.25, -0.2) is 4.68 Å². The van der Waals surface area contributed by atoms with Gasteiger partial charge in [-0.3, -0.25) is 4.79 Å². The molecule has 0 unspecified atom stereocenters. The number of fused-ring (bicyclic) bond motifs is 1. The summed E-state index contributed by atoms with van der Waals surface area (Å²) in [7, 11) is 0. The molecule has 0 aliphatic rings. The molecule has 0 fully saturated rings. The van der Waals surface area contributed by atoms with Gasteiger partial charge in [-0.2, -0.15) is 5.10 Å². The average molecular weight is 315 g/mol. The van der Waals surface area contributed by atoms with Crippen molar-refractivity contribution in [3.63, 3.8) is 0 Å². The van der Waals surface area contributed by atoms with Crippen molar-refractivity contribution in [3.8, 4) is 0 Å². The predicted octanol–water partition coefficient (Wildman–Crippen LogP) is 3.21. The Balaban J connectivity index is 2.08. The molecule has 0 spiro atoms. The fraction of sp³-hybridized carbons (Fsp3) is 0.0667. The fourth-order valence-electron chi connectivity index (χ4n) is 2.03. The third-order valence-electron chi connectivity index (χ3n) is 2.99. The van der Waals surface area contributed by atoms with Crippen LogP contribution in [0, 0.1) is 0 Å². The molecule has 2 aromatic carbocycles. The van der Waals surface area contributed by atoms with Crippen LogP contribution >= 0.6 is 15.9 Å². The Bertz CT molecular complexity index is 781. The van der Waals surface area contributed by atoms with Crippen molar-refractivity contribution in [1.29, 1.82) is 0 Å². The number of rotatable bonds is 2. The molecule has 0 aliphatic carbocycles. The Morgan fingerprint density at radius 3 is 2.68 bits per heavy atom. The molecule has 0 N–H and O–H groups in total. The first-order valence-electron chi connectivity index (χ1n) is 5.93. The molecule has 94 valence electrons. The van der Waals surface area contributed by atoms with Crippen LogP contribution in [0.25, 0.3) is 10.8 Å². The number of hydrogen-bond acceptors (Lipinski definition) is 2. The second kappa shape index (κ2) is 4.97. The molecule has 0 amide bonds. The zero-order valence-corrected chi connectivity index (χ0v) is 11.7. The van der Waals surface area contributed by atoms with E-state index in [9.17, 15) is 4.79 Å². The second-order valence-corrected chi connectivity index (χ2v) is 5.24. The topological polar surface area (TPSA) is 34.9 Å². The molecule has 0 saturated carbocycles. The smallest absolute Gasteiger partial charge is 0.267 e. The van der Waals surface area contributed by atoms with Gasteiger partial charge in [0, 0.05) is 9.86 Å². The van der Waals surface area contributed by atoms with Crippen LogP contribution in [0.5, 0.6) is 0 Å². The van der Waals surface area contributed by atoms with Crippen molar-refractivity contribution in [2.45, 2.75) is 6.54 Å². The lowest BCUT2D eigenvalue weighted by atomic mass is 10.2. The summed E-state index contributed by atoms with van der Waals surface area (Å²) in [6.45, 7) is 0.492. The third-order valence-corrected chi connectivity index (χ3v) is 3.48. The van der Waals surface area contributed by atoms with E-state index in [2.05, 4.69) is 21.0 Å². The molecule has 19 heavy (non-hydrogen) atoms. The van der Waals surface area contributed by atoms with Crippen LogP contribution in [0.4, 0.5) is 0 Å². The standard InChI is InChI=1S/C15H11BrN2O/c16-13-6-7-14-12(8-13)9-17-18(15(14)19)10-11-4-2-1-3-5-11/h1-9H,10H2. The highest BCUT2D eigenvalue weighted by Crippen LogP contribution is 2.16. The summed E-state index contributed by atoms with van der Waals surface area (Å²) in [6, 6.07) is 15.4. The number of halogens is 1. The summed E-state index contributed by atoms with van der Waals surface area (Å²) in [5.74, 6) is 0. The van der Waals surface area contributed by atoms with Crippen molar-refractivity contribution in [1.82, 2.24) is 9.78 Å². The maximum Gasteiger partial charge on any atom is 0.274 e. The molecule has 1 heterocycles. The van der Waals surface area contributed by atoms with E-state index >= 15 is 0 Å². The highest BCUT2D eigenvalue weighted by molar-refractivity contribution is 9.10. The number of hydrogen-bond donors (Lipinski definition) is 0. The van der Waals surface area contributed by atoms with Crippen molar-refractivity contribution in [3.05, 3.63) is 75.1 Å². The second-order valence-electron chi connectivity index (χ2n) is 4.32. The molecule has 3 rings (SSSR count). The van der Waals surface area contributed by atoms with Crippen molar-refractivity contribution >= 4 is 26.7 Å². The van der Waals surface area contributed by atoms with Gasteiger partial charge in [0.1, 0.15) is 0 Å². The van der Waals surface area contributed by atoms with Gasteiger partial charge < -0.3 is 0 Å². The number of aromatic nitrogens is 2. The van der Waals surface area contributed by atoms with E-state index in [1.165, 1.54) is 4.68 Å². The molecule has 0 aliphatic heterocycles.